The Labute approximate surface area is 123 Å². The summed E-state index contributed by atoms with van der Waals surface area (Å²) in [5.74, 6) is -0.763. The van der Waals surface area contributed by atoms with Gasteiger partial charge in [0.2, 0.25) is 10.0 Å². The highest BCUT2D eigenvalue weighted by Crippen LogP contribution is 2.29. The van der Waals surface area contributed by atoms with Gasteiger partial charge in [0.25, 0.3) is 0 Å². The minimum Gasteiger partial charge on any atom is -0.465 e. The number of hydrogen-bond acceptors (Lipinski definition) is 6. The molecule has 1 heterocycles. The number of nitrogens with two attached hydrogens (primary N) is 1. The summed E-state index contributed by atoms with van der Waals surface area (Å²) in [7, 11) is -2.71. The third-order valence-electron chi connectivity index (χ3n) is 3.53. The zero-order chi connectivity index (χ0) is 15.6. The summed E-state index contributed by atoms with van der Waals surface area (Å²) in [6, 6.07) is 3.54. The predicted octanol–water partition coefficient (Wildman–Crippen LogP) is 0.201. The van der Waals surface area contributed by atoms with Crippen molar-refractivity contribution in [3.8, 4) is 0 Å². The van der Waals surface area contributed by atoms with Gasteiger partial charge in [-0.3, -0.25) is 0 Å². The molecule has 1 aliphatic rings. The molecule has 0 spiro atoms. The minimum atomic E-state index is -3.89. The van der Waals surface area contributed by atoms with Gasteiger partial charge in [0.05, 0.1) is 24.2 Å². The van der Waals surface area contributed by atoms with Crippen molar-refractivity contribution in [1.82, 2.24) is 4.31 Å². The fraction of sp³-hybridized carbons (Fsp3) is 0.462. The Kier molecular flexibility index (Phi) is 4.50. The van der Waals surface area contributed by atoms with Crippen LogP contribution in [-0.2, 0) is 14.8 Å². The van der Waals surface area contributed by atoms with Gasteiger partial charge in [-0.05, 0) is 31.0 Å². The normalized spacial score (nSPS) is 19.6. The molecule has 0 amide bonds. The Morgan fingerprint density at radius 2 is 2.24 bits per heavy atom. The van der Waals surface area contributed by atoms with Crippen LogP contribution in [0.2, 0.25) is 0 Å². The highest BCUT2D eigenvalue weighted by atomic mass is 32.2. The van der Waals surface area contributed by atoms with Crippen LogP contribution in [0.3, 0.4) is 0 Å². The second kappa shape index (κ2) is 6.00. The fourth-order valence-corrected chi connectivity index (χ4v) is 4.32. The first kappa shape index (κ1) is 15.7. The predicted molar refractivity (Wildman–Crippen MR) is 76.2 cm³/mol. The van der Waals surface area contributed by atoms with E-state index in [0.717, 1.165) is 0 Å². The fourth-order valence-electron chi connectivity index (χ4n) is 2.48. The van der Waals surface area contributed by atoms with E-state index in [1.54, 1.807) is 0 Å². The van der Waals surface area contributed by atoms with Crippen LogP contribution in [0.1, 0.15) is 23.2 Å². The number of sulfonamides is 1. The third-order valence-corrected chi connectivity index (χ3v) is 5.54. The number of anilines is 1. The molecule has 0 aromatic heterocycles. The third kappa shape index (κ3) is 2.87. The van der Waals surface area contributed by atoms with Crippen molar-refractivity contribution in [2.45, 2.75) is 23.8 Å². The summed E-state index contributed by atoms with van der Waals surface area (Å²) in [6.07, 6.45) is 1.27. The molecular formula is C13H18N2O5S. The molecule has 1 aromatic carbocycles. The van der Waals surface area contributed by atoms with E-state index >= 15 is 0 Å². The van der Waals surface area contributed by atoms with Crippen molar-refractivity contribution in [3.05, 3.63) is 23.8 Å². The lowest BCUT2D eigenvalue weighted by Crippen LogP contribution is -2.38. The first-order valence-electron chi connectivity index (χ1n) is 6.52. The van der Waals surface area contributed by atoms with Crippen molar-refractivity contribution >= 4 is 21.7 Å². The van der Waals surface area contributed by atoms with E-state index in [9.17, 15) is 18.3 Å². The average molecular weight is 314 g/mol. The van der Waals surface area contributed by atoms with Crippen molar-refractivity contribution in [3.63, 3.8) is 0 Å². The zero-order valence-electron chi connectivity index (χ0n) is 11.7. The number of aliphatic hydroxyl groups is 1. The molecular weight excluding hydrogens is 296 g/mol. The molecule has 0 radical (unpaired) electrons. The summed E-state index contributed by atoms with van der Waals surface area (Å²) in [5.41, 5.74) is 5.79. The number of esters is 1. The summed E-state index contributed by atoms with van der Waals surface area (Å²) in [5, 5.41) is 9.30. The second-order valence-electron chi connectivity index (χ2n) is 4.84. The van der Waals surface area contributed by atoms with Gasteiger partial charge < -0.3 is 15.6 Å². The van der Waals surface area contributed by atoms with Crippen molar-refractivity contribution in [2.75, 3.05) is 26.0 Å². The van der Waals surface area contributed by atoms with E-state index in [2.05, 4.69) is 4.74 Å². The standard InChI is InChI=1S/C13H18N2O5S/c1-20-13(17)11-7-9(14)4-5-12(11)21(18,19)15-6-2-3-10(15)8-16/h4-5,7,10,16H,2-3,6,8,14H2,1H3/t10-/m1/s1. The monoisotopic (exact) mass is 314 g/mol. The Bertz CT molecular complexity index is 644. The summed E-state index contributed by atoms with van der Waals surface area (Å²) < 4.78 is 31.3. The first-order chi connectivity index (χ1) is 9.91. The Morgan fingerprint density at radius 3 is 2.86 bits per heavy atom. The number of carbonyl (C=O) groups is 1. The van der Waals surface area contributed by atoms with Crippen LogP contribution in [0, 0.1) is 0 Å². The van der Waals surface area contributed by atoms with Gasteiger partial charge in [-0.1, -0.05) is 0 Å². The maximum Gasteiger partial charge on any atom is 0.339 e. The van der Waals surface area contributed by atoms with Crippen LogP contribution < -0.4 is 5.73 Å². The molecule has 3 N–H and O–H groups in total. The van der Waals surface area contributed by atoms with Crippen LogP contribution >= 0.6 is 0 Å². The summed E-state index contributed by atoms with van der Waals surface area (Å²) >= 11 is 0. The molecule has 2 rings (SSSR count). The van der Waals surface area contributed by atoms with E-state index in [1.807, 2.05) is 0 Å². The largest absolute Gasteiger partial charge is 0.465 e. The molecule has 21 heavy (non-hydrogen) atoms. The number of nitrogens with zero attached hydrogens (tertiary/aromatic N) is 1. The highest BCUT2D eigenvalue weighted by Gasteiger charge is 2.37. The van der Waals surface area contributed by atoms with Gasteiger partial charge in [-0.2, -0.15) is 4.31 Å². The van der Waals surface area contributed by atoms with E-state index in [-0.39, 0.29) is 22.8 Å². The number of methoxy groups -OCH3 is 1. The van der Waals surface area contributed by atoms with Gasteiger partial charge in [0, 0.05) is 18.3 Å². The Morgan fingerprint density at radius 1 is 1.52 bits per heavy atom. The number of hydrogen-bond donors (Lipinski definition) is 2. The molecule has 7 nitrogen and oxygen atoms in total. The number of aliphatic hydroxyl groups excluding tert-OH is 1. The molecule has 1 saturated heterocycles. The SMILES string of the molecule is COC(=O)c1cc(N)ccc1S(=O)(=O)N1CCC[C@@H]1CO. The molecule has 8 heteroatoms. The molecule has 1 aliphatic heterocycles. The topological polar surface area (TPSA) is 110 Å². The number of rotatable bonds is 4. The van der Waals surface area contributed by atoms with E-state index in [4.69, 9.17) is 5.73 Å². The minimum absolute atomic E-state index is 0.0962. The molecule has 0 bridgehead atoms. The number of benzene rings is 1. The number of carbonyl (C=O) groups excluding carboxylic acids is 1. The van der Waals surface area contributed by atoms with Crippen LogP contribution in [-0.4, -0.2) is 50.1 Å². The molecule has 0 aliphatic carbocycles. The van der Waals surface area contributed by atoms with Crippen molar-refractivity contribution in [1.29, 1.82) is 0 Å². The van der Waals surface area contributed by atoms with Gasteiger partial charge >= 0.3 is 5.97 Å². The molecule has 1 aromatic rings. The maximum absolute atomic E-state index is 12.7. The lowest BCUT2D eigenvalue weighted by atomic mass is 10.2. The van der Waals surface area contributed by atoms with Crippen molar-refractivity contribution < 1.29 is 23.1 Å². The van der Waals surface area contributed by atoms with E-state index in [0.29, 0.717) is 19.4 Å². The Balaban J connectivity index is 2.52. The molecule has 0 saturated carbocycles. The smallest absolute Gasteiger partial charge is 0.339 e. The summed E-state index contributed by atoms with van der Waals surface area (Å²) in [4.78, 5) is 11.6. The zero-order valence-corrected chi connectivity index (χ0v) is 12.5. The highest BCUT2D eigenvalue weighted by molar-refractivity contribution is 7.89. The molecule has 1 atom stereocenters. The second-order valence-corrected chi connectivity index (χ2v) is 6.70. The van der Waals surface area contributed by atoms with Gasteiger partial charge in [-0.15, -0.1) is 0 Å². The lowest BCUT2D eigenvalue weighted by Gasteiger charge is -2.23. The maximum atomic E-state index is 12.7. The quantitative estimate of drug-likeness (QED) is 0.607. The summed E-state index contributed by atoms with van der Waals surface area (Å²) in [6.45, 7) is 0.0698. The molecule has 1 fully saturated rings. The van der Waals surface area contributed by atoms with E-state index < -0.39 is 22.0 Å². The van der Waals surface area contributed by atoms with E-state index in [1.165, 1.54) is 29.6 Å². The van der Waals surface area contributed by atoms with Crippen LogP contribution in [0.5, 0.6) is 0 Å². The van der Waals surface area contributed by atoms with Gasteiger partial charge in [0.1, 0.15) is 0 Å². The van der Waals surface area contributed by atoms with Crippen LogP contribution in [0.4, 0.5) is 5.69 Å². The lowest BCUT2D eigenvalue weighted by molar-refractivity contribution is 0.0596. The van der Waals surface area contributed by atoms with Crippen molar-refractivity contribution in [2.24, 2.45) is 0 Å². The van der Waals surface area contributed by atoms with Crippen LogP contribution in [0.15, 0.2) is 23.1 Å². The van der Waals surface area contributed by atoms with Gasteiger partial charge in [0.15, 0.2) is 0 Å². The average Bonchev–Trinajstić information content (AvgIpc) is 2.95. The molecule has 0 unspecified atom stereocenters. The molecule has 116 valence electrons. The van der Waals surface area contributed by atoms with Gasteiger partial charge in [-0.25, -0.2) is 13.2 Å². The Hall–Kier alpha value is -1.64. The first-order valence-corrected chi connectivity index (χ1v) is 7.96. The number of nitrogen functional groups attached to an aromatic ring is 1. The number of ether oxygens (including phenoxy) is 1. The van der Waals surface area contributed by atoms with Crippen LogP contribution in [0.25, 0.3) is 0 Å².